The van der Waals surface area contributed by atoms with Crippen molar-refractivity contribution in [2.45, 2.75) is 20.1 Å². The van der Waals surface area contributed by atoms with E-state index in [2.05, 4.69) is 24.8 Å². The second-order valence-corrected chi connectivity index (χ2v) is 2.49. The standard InChI is InChI=1S/C5H10O2S2/c1-3-6-4(2)7-5(8)9/h4H,3H2,1-2H3,(H,8,9). The molecule has 9 heavy (non-hydrogen) atoms. The molecule has 0 spiro atoms. The van der Waals surface area contributed by atoms with Crippen LogP contribution in [0.1, 0.15) is 13.8 Å². The van der Waals surface area contributed by atoms with Gasteiger partial charge in [0.05, 0.1) is 0 Å². The molecule has 1 unspecified atom stereocenters. The number of hydrogen-bond donors (Lipinski definition) is 1. The molecule has 0 aromatic carbocycles. The van der Waals surface area contributed by atoms with Crippen molar-refractivity contribution in [3.8, 4) is 0 Å². The van der Waals surface area contributed by atoms with Crippen molar-refractivity contribution in [3.05, 3.63) is 0 Å². The molecule has 0 fully saturated rings. The lowest BCUT2D eigenvalue weighted by molar-refractivity contribution is -0.0653. The molecule has 2 nitrogen and oxygen atoms in total. The Morgan fingerprint density at radius 2 is 2.33 bits per heavy atom. The molecule has 0 N–H and O–H groups in total. The van der Waals surface area contributed by atoms with E-state index in [4.69, 9.17) is 9.47 Å². The average molecular weight is 166 g/mol. The maximum atomic E-state index is 4.99. The molecule has 0 rings (SSSR count). The zero-order valence-corrected chi connectivity index (χ0v) is 7.17. The van der Waals surface area contributed by atoms with Crippen molar-refractivity contribution in [3.63, 3.8) is 0 Å². The smallest absolute Gasteiger partial charge is 0.219 e. The van der Waals surface area contributed by atoms with Crippen molar-refractivity contribution < 1.29 is 9.47 Å². The summed E-state index contributed by atoms with van der Waals surface area (Å²) in [4.78, 5) is 0. The van der Waals surface area contributed by atoms with Gasteiger partial charge in [-0.15, -0.1) is 0 Å². The van der Waals surface area contributed by atoms with E-state index in [1.54, 1.807) is 6.92 Å². The van der Waals surface area contributed by atoms with Crippen LogP contribution < -0.4 is 0 Å². The molecule has 0 heterocycles. The van der Waals surface area contributed by atoms with Gasteiger partial charge in [0.2, 0.25) is 4.38 Å². The Hall–Kier alpha value is 0.200. The molecule has 54 valence electrons. The van der Waals surface area contributed by atoms with Crippen LogP contribution in [-0.4, -0.2) is 17.3 Å². The fourth-order valence-corrected chi connectivity index (χ4v) is 0.695. The number of ether oxygens (including phenoxy) is 2. The van der Waals surface area contributed by atoms with Crippen LogP contribution in [0.3, 0.4) is 0 Å². The van der Waals surface area contributed by atoms with Gasteiger partial charge >= 0.3 is 0 Å². The molecule has 0 aliphatic heterocycles. The van der Waals surface area contributed by atoms with Gasteiger partial charge in [0.15, 0.2) is 6.29 Å². The molecule has 0 aliphatic carbocycles. The fraction of sp³-hybridized carbons (Fsp3) is 0.800. The van der Waals surface area contributed by atoms with Gasteiger partial charge in [0.1, 0.15) is 0 Å². The van der Waals surface area contributed by atoms with E-state index in [1.165, 1.54) is 0 Å². The molecule has 0 amide bonds. The summed E-state index contributed by atoms with van der Waals surface area (Å²) in [5, 5.41) is 0. The summed E-state index contributed by atoms with van der Waals surface area (Å²) in [6, 6.07) is 0. The van der Waals surface area contributed by atoms with Crippen molar-refractivity contribution in [1.29, 1.82) is 0 Å². The summed E-state index contributed by atoms with van der Waals surface area (Å²) in [6.07, 6.45) is -0.278. The molecule has 4 heteroatoms. The van der Waals surface area contributed by atoms with Gasteiger partial charge in [-0.25, -0.2) is 0 Å². The summed E-state index contributed by atoms with van der Waals surface area (Å²) in [7, 11) is 0. The second kappa shape index (κ2) is 5.02. The lowest BCUT2D eigenvalue weighted by Crippen LogP contribution is -2.13. The quantitative estimate of drug-likeness (QED) is 0.390. The third kappa shape index (κ3) is 6.08. The van der Waals surface area contributed by atoms with E-state index < -0.39 is 0 Å². The van der Waals surface area contributed by atoms with Gasteiger partial charge in [0, 0.05) is 6.61 Å². The Morgan fingerprint density at radius 1 is 1.78 bits per heavy atom. The van der Waals surface area contributed by atoms with E-state index >= 15 is 0 Å². The molecule has 0 aliphatic rings. The summed E-state index contributed by atoms with van der Waals surface area (Å²) in [5.41, 5.74) is 0. The lowest BCUT2D eigenvalue weighted by atomic mass is 10.7. The predicted octanol–water partition coefficient (Wildman–Crippen LogP) is 1.60. The average Bonchev–Trinajstić information content (AvgIpc) is 1.63. The molecule has 1 atom stereocenters. The highest BCUT2D eigenvalue weighted by molar-refractivity contribution is 8.10. The third-order valence-electron chi connectivity index (χ3n) is 0.668. The highest BCUT2D eigenvalue weighted by Crippen LogP contribution is 1.96. The monoisotopic (exact) mass is 166 g/mol. The topological polar surface area (TPSA) is 18.5 Å². The van der Waals surface area contributed by atoms with Crippen molar-refractivity contribution in [2.24, 2.45) is 0 Å². The van der Waals surface area contributed by atoms with Gasteiger partial charge < -0.3 is 9.47 Å². The minimum atomic E-state index is -0.278. The summed E-state index contributed by atoms with van der Waals surface area (Å²) >= 11 is 8.31. The summed E-state index contributed by atoms with van der Waals surface area (Å²) in [6.45, 7) is 4.28. The molecule has 0 radical (unpaired) electrons. The van der Waals surface area contributed by atoms with E-state index in [9.17, 15) is 0 Å². The number of rotatable bonds is 3. The fourth-order valence-electron chi connectivity index (χ4n) is 0.411. The molecular weight excluding hydrogens is 156 g/mol. The number of hydrogen-bond acceptors (Lipinski definition) is 3. The van der Waals surface area contributed by atoms with Gasteiger partial charge in [-0.3, -0.25) is 0 Å². The Balaban J connectivity index is 3.26. The summed E-state index contributed by atoms with van der Waals surface area (Å²) < 4.78 is 10.1. The minimum absolute atomic E-state index is 0.218. The maximum absolute atomic E-state index is 4.99. The van der Waals surface area contributed by atoms with Crippen LogP contribution in [0.15, 0.2) is 0 Å². The Bertz CT molecular complexity index is 95.0. The first-order valence-electron chi connectivity index (χ1n) is 2.68. The first kappa shape index (κ1) is 9.20. The van der Waals surface area contributed by atoms with E-state index in [-0.39, 0.29) is 10.7 Å². The van der Waals surface area contributed by atoms with E-state index in [0.717, 1.165) is 0 Å². The molecule has 0 aromatic rings. The minimum Gasteiger partial charge on any atom is -0.449 e. The molecule has 0 aromatic heterocycles. The van der Waals surface area contributed by atoms with Gasteiger partial charge in [-0.05, 0) is 26.1 Å². The summed E-state index contributed by atoms with van der Waals surface area (Å²) in [5.74, 6) is 0. The van der Waals surface area contributed by atoms with Crippen LogP contribution in [0.4, 0.5) is 0 Å². The molecular formula is C5H10O2S2. The van der Waals surface area contributed by atoms with E-state index in [1.807, 2.05) is 6.92 Å². The lowest BCUT2D eigenvalue weighted by Gasteiger charge is -2.11. The van der Waals surface area contributed by atoms with E-state index in [0.29, 0.717) is 6.61 Å². The SMILES string of the molecule is CCOC(C)OC(=S)S. The first-order valence-corrected chi connectivity index (χ1v) is 3.53. The molecule has 0 bridgehead atoms. The first-order chi connectivity index (χ1) is 4.16. The van der Waals surface area contributed by atoms with Gasteiger partial charge in [-0.1, -0.05) is 12.6 Å². The number of thiol groups is 1. The Kier molecular flexibility index (Phi) is 5.13. The Morgan fingerprint density at radius 3 is 2.67 bits per heavy atom. The van der Waals surface area contributed by atoms with Crippen molar-refractivity contribution >= 4 is 29.2 Å². The molecule has 0 saturated heterocycles. The largest absolute Gasteiger partial charge is 0.449 e. The second-order valence-electron chi connectivity index (χ2n) is 1.41. The van der Waals surface area contributed by atoms with Crippen LogP contribution in [0.25, 0.3) is 0 Å². The highest BCUT2D eigenvalue weighted by atomic mass is 32.1. The zero-order valence-electron chi connectivity index (χ0n) is 5.46. The zero-order chi connectivity index (χ0) is 7.28. The van der Waals surface area contributed by atoms with Gasteiger partial charge in [0.25, 0.3) is 0 Å². The van der Waals surface area contributed by atoms with Crippen molar-refractivity contribution in [2.75, 3.05) is 6.61 Å². The van der Waals surface area contributed by atoms with Crippen LogP contribution in [0.5, 0.6) is 0 Å². The van der Waals surface area contributed by atoms with Gasteiger partial charge in [-0.2, -0.15) is 0 Å². The highest BCUT2D eigenvalue weighted by Gasteiger charge is 1.99. The van der Waals surface area contributed by atoms with Crippen molar-refractivity contribution in [1.82, 2.24) is 0 Å². The van der Waals surface area contributed by atoms with Crippen LogP contribution >= 0.6 is 24.8 Å². The molecule has 0 saturated carbocycles. The van der Waals surface area contributed by atoms with Crippen LogP contribution in [0.2, 0.25) is 0 Å². The number of thiocarbonyl (C=S) groups is 1. The normalized spacial score (nSPS) is 12.8. The third-order valence-corrected chi connectivity index (χ3v) is 0.870. The Labute approximate surface area is 65.9 Å². The van der Waals surface area contributed by atoms with Crippen LogP contribution in [0, 0.1) is 0 Å². The predicted molar refractivity (Wildman–Crippen MR) is 43.8 cm³/mol. The maximum Gasteiger partial charge on any atom is 0.219 e. The van der Waals surface area contributed by atoms with Crippen LogP contribution in [-0.2, 0) is 9.47 Å².